The Morgan fingerprint density at radius 1 is 1.50 bits per heavy atom. The molecule has 2 aliphatic rings. The Morgan fingerprint density at radius 2 is 2.42 bits per heavy atom. The van der Waals surface area contributed by atoms with Crippen LogP contribution in [0.3, 0.4) is 0 Å². The van der Waals surface area contributed by atoms with Crippen molar-refractivity contribution in [3.63, 3.8) is 0 Å². The fourth-order valence-corrected chi connectivity index (χ4v) is 8.50. The van der Waals surface area contributed by atoms with Gasteiger partial charge in [-0.2, -0.15) is 11.8 Å². The van der Waals surface area contributed by atoms with Gasteiger partial charge >= 0.3 is 0 Å². The minimum absolute atomic E-state index is 0.656. The molecule has 4 heteroatoms. The summed E-state index contributed by atoms with van der Waals surface area (Å²) in [7, 11) is 0. The lowest BCUT2D eigenvalue weighted by Crippen LogP contribution is -2.17. The second kappa shape index (κ2) is 4.28. The zero-order valence-corrected chi connectivity index (χ0v) is 10.5. The third kappa shape index (κ3) is 2.07. The minimum Gasteiger partial charge on any atom is -0.160 e. The first-order chi connectivity index (χ1) is 5.87. The fraction of sp³-hybridized carbons (Fsp3) is 1.00. The van der Waals surface area contributed by atoms with Crippen molar-refractivity contribution in [1.82, 2.24) is 0 Å². The second-order valence-electron chi connectivity index (χ2n) is 3.03. The van der Waals surface area contributed by atoms with E-state index in [1.807, 2.05) is 0 Å². The van der Waals surface area contributed by atoms with Crippen molar-refractivity contribution in [1.29, 1.82) is 0 Å². The van der Waals surface area contributed by atoms with Crippen LogP contribution in [-0.2, 0) is 0 Å². The van der Waals surface area contributed by atoms with E-state index in [-0.39, 0.29) is 0 Å². The quantitative estimate of drug-likeness (QED) is 0.544. The maximum absolute atomic E-state index is 2.27. The van der Waals surface area contributed by atoms with Gasteiger partial charge in [-0.05, 0) is 12.2 Å². The molecule has 2 unspecified atom stereocenters. The van der Waals surface area contributed by atoms with Gasteiger partial charge in [0.2, 0.25) is 0 Å². The van der Waals surface area contributed by atoms with Crippen LogP contribution in [0.15, 0.2) is 0 Å². The first-order valence-corrected chi connectivity index (χ1v) is 8.45. The molecule has 0 bridgehead atoms. The summed E-state index contributed by atoms with van der Waals surface area (Å²) in [5, 5.41) is 0. The molecule has 0 spiro atoms. The summed E-state index contributed by atoms with van der Waals surface area (Å²) in [6, 6.07) is 0. The third-order valence-corrected chi connectivity index (χ3v) is 9.29. The summed E-state index contributed by atoms with van der Waals surface area (Å²) < 4.78 is 1.60. The summed E-state index contributed by atoms with van der Waals surface area (Å²) in [6.07, 6.45) is 1.33. The second-order valence-corrected chi connectivity index (χ2v) is 8.77. The van der Waals surface area contributed by atoms with E-state index in [0.29, 0.717) is 4.08 Å². The van der Waals surface area contributed by atoms with E-state index in [1.165, 1.54) is 29.4 Å². The molecule has 2 atom stereocenters. The highest BCUT2D eigenvalue weighted by Gasteiger charge is 2.57. The Kier molecular flexibility index (Phi) is 3.55. The molecule has 2 heterocycles. The third-order valence-electron chi connectivity index (χ3n) is 1.96. The molecule has 70 valence electrons. The van der Waals surface area contributed by atoms with Crippen LogP contribution >= 0.6 is 47.0 Å². The Bertz CT molecular complexity index is 161. The predicted molar refractivity (Wildman–Crippen MR) is 66.6 cm³/mol. The largest absolute Gasteiger partial charge is 0.160 e. The van der Waals surface area contributed by atoms with Crippen LogP contribution in [0.5, 0.6) is 0 Å². The van der Waals surface area contributed by atoms with Crippen molar-refractivity contribution in [3.05, 3.63) is 0 Å². The zero-order valence-electron chi connectivity index (χ0n) is 7.25. The molecule has 0 aliphatic carbocycles. The number of fused-ring (bicyclic) bond motifs is 1. The first kappa shape index (κ1) is 9.94. The molecule has 0 radical (unpaired) electrons. The van der Waals surface area contributed by atoms with Gasteiger partial charge in [-0.15, -0.1) is 35.3 Å². The van der Waals surface area contributed by atoms with Crippen LogP contribution in [0.1, 0.15) is 13.3 Å². The smallest absolute Gasteiger partial charge is 0.0922 e. The molecule has 0 nitrogen and oxygen atoms in total. The molecular formula is C8H14S4. The number of hydrogen-bond acceptors (Lipinski definition) is 4. The SMILES string of the molecule is CCCSCC12SCCSC1S2. The van der Waals surface area contributed by atoms with Gasteiger partial charge in [-0.1, -0.05) is 6.92 Å². The minimum atomic E-state index is 0.656. The molecule has 0 saturated carbocycles. The van der Waals surface area contributed by atoms with Crippen molar-refractivity contribution in [2.24, 2.45) is 0 Å². The molecule has 0 aromatic rings. The summed E-state index contributed by atoms with van der Waals surface area (Å²) in [4.78, 5) is 0. The maximum Gasteiger partial charge on any atom is 0.0922 e. The lowest BCUT2D eigenvalue weighted by Gasteiger charge is -2.18. The number of rotatable bonds is 4. The maximum atomic E-state index is 2.27. The lowest BCUT2D eigenvalue weighted by atomic mass is 10.5. The van der Waals surface area contributed by atoms with E-state index in [2.05, 4.69) is 54.0 Å². The number of hydrogen-bond donors (Lipinski definition) is 0. The molecule has 12 heavy (non-hydrogen) atoms. The molecule has 2 fully saturated rings. The summed E-state index contributed by atoms with van der Waals surface area (Å²) in [6.45, 7) is 2.27. The fourth-order valence-electron chi connectivity index (χ4n) is 1.28. The predicted octanol–water partition coefficient (Wildman–Crippen LogP) is 3.38. The zero-order chi connectivity index (χ0) is 8.44. The Morgan fingerprint density at radius 3 is 3.17 bits per heavy atom. The normalized spacial score (nSPS) is 39.2. The average molecular weight is 238 g/mol. The highest BCUT2D eigenvalue weighted by molar-refractivity contribution is 8.35. The van der Waals surface area contributed by atoms with Gasteiger partial charge in [0.15, 0.2) is 0 Å². The molecule has 2 rings (SSSR count). The van der Waals surface area contributed by atoms with Crippen molar-refractivity contribution < 1.29 is 0 Å². The van der Waals surface area contributed by atoms with Gasteiger partial charge in [0.05, 0.1) is 8.66 Å². The summed E-state index contributed by atoms with van der Waals surface area (Å²) in [5.41, 5.74) is 0. The lowest BCUT2D eigenvalue weighted by molar-refractivity contribution is 1.08. The van der Waals surface area contributed by atoms with Crippen molar-refractivity contribution in [2.45, 2.75) is 22.0 Å². The summed E-state index contributed by atoms with van der Waals surface area (Å²) in [5.74, 6) is 5.48. The van der Waals surface area contributed by atoms with Crippen LogP contribution < -0.4 is 0 Å². The van der Waals surface area contributed by atoms with E-state index >= 15 is 0 Å². The molecule has 2 aliphatic heterocycles. The van der Waals surface area contributed by atoms with Gasteiger partial charge in [0.1, 0.15) is 0 Å². The standard InChI is InChI=1S/C8H14S4/c1-2-3-9-6-8-7(12-8)10-4-5-11-8/h7H,2-6H2,1H3. The van der Waals surface area contributed by atoms with Gasteiger partial charge in [-0.25, -0.2) is 0 Å². The van der Waals surface area contributed by atoms with E-state index in [4.69, 9.17) is 0 Å². The van der Waals surface area contributed by atoms with E-state index in [1.54, 1.807) is 0 Å². The van der Waals surface area contributed by atoms with Crippen LogP contribution in [0, 0.1) is 0 Å². The first-order valence-electron chi connectivity index (χ1n) is 4.38. The molecule has 0 aromatic heterocycles. The Hall–Kier alpha value is 1.40. The molecule has 0 N–H and O–H groups in total. The Labute approximate surface area is 91.8 Å². The van der Waals surface area contributed by atoms with Crippen molar-refractivity contribution in [2.75, 3.05) is 23.0 Å². The van der Waals surface area contributed by atoms with Gasteiger partial charge in [0, 0.05) is 17.3 Å². The van der Waals surface area contributed by atoms with Crippen molar-refractivity contribution in [3.8, 4) is 0 Å². The monoisotopic (exact) mass is 238 g/mol. The highest BCUT2D eigenvalue weighted by atomic mass is 32.2. The topological polar surface area (TPSA) is 0 Å². The van der Waals surface area contributed by atoms with Gasteiger partial charge in [0.25, 0.3) is 0 Å². The summed E-state index contributed by atoms with van der Waals surface area (Å²) >= 11 is 8.74. The van der Waals surface area contributed by atoms with Gasteiger partial charge < -0.3 is 0 Å². The van der Waals surface area contributed by atoms with Crippen LogP contribution in [0.2, 0.25) is 0 Å². The highest BCUT2D eigenvalue weighted by Crippen LogP contribution is 2.69. The van der Waals surface area contributed by atoms with Gasteiger partial charge in [-0.3, -0.25) is 0 Å². The van der Waals surface area contributed by atoms with Crippen molar-refractivity contribution >= 4 is 47.0 Å². The van der Waals surface area contributed by atoms with E-state index < -0.39 is 0 Å². The average Bonchev–Trinajstić information content (AvgIpc) is 2.79. The molecule has 0 amide bonds. The van der Waals surface area contributed by atoms with Crippen LogP contribution in [-0.4, -0.2) is 31.7 Å². The molecular weight excluding hydrogens is 224 g/mol. The molecule has 0 aromatic carbocycles. The van der Waals surface area contributed by atoms with E-state index in [0.717, 1.165) is 4.58 Å². The van der Waals surface area contributed by atoms with Crippen LogP contribution in [0.4, 0.5) is 0 Å². The van der Waals surface area contributed by atoms with Crippen LogP contribution in [0.25, 0.3) is 0 Å². The number of thioether (sulfide) groups is 4. The van der Waals surface area contributed by atoms with E-state index in [9.17, 15) is 0 Å². The molecule has 2 saturated heterocycles. The Balaban J connectivity index is 1.73.